The molecule has 0 spiro atoms. The van der Waals surface area contributed by atoms with Crippen molar-refractivity contribution in [2.45, 2.75) is 25.8 Å². The summed E-state index contributed by atoms with van der Waals surface area (Å²) in [5.74, 6) is 0.682. The van der Waals surface area contributed by atoms with E-state index in [9.17, 15) is 0 Å². The summed E-state index contributed by atoms with van der Waals surface area (Å²) in [6.07, 6.45) is 3.67. The molecular weight excluding hydrogens is 228 g/mol. The van der Waals surface area contributed by atoms with Crippen molar-refractivity contribution in [2.24, 2.45) is 0 Å². The van der Waals surface area contributed by atoms with E-state index in [2.05, 4.69) is 41.2 Å². The number of nitrogen functional groups attached to an aromatic ring is 1. The van der Waals surface area contributed by atoms with Crippen LogP contribution in [0.4, 0.5) is 11.8 Å². The fourth-order valence-electron chi connectivity index (χ4n) is 1.65. The largest absolute Gasteiger partial charge is 0.382 e. The van der Waals surface area contributed by atoms with Crippen LogP contribution < -0.4 is 11.1 Å². The number of aromatic nitrogens is 2. The summed E-state index contributed by atoms with van der Waals surface area (Å²) in [6.45, 7) is 2.92. The van der Waals surface area contributed by atoms with E-state index in [-0.39, 0.29) is 5.82 Å². The Kier molecular flexibility index (Phi) is 5.33. The van der Waals surface area contributed by atoms with Gasteiger partial charge in [-0.3, -0.25) is 0 Å². The molecule has 1 rings (SSSR count). The van der Waals surface area contributed by atoms with Gasteiger partial charge in [0.25, 0.3) is 0 Å². The molecule has 1 aromatic heterocycles. The van der Waals surface area contributed by atoms with Crippen LogP contribution >= 0.6 is 0 Å². The maximum Gasteiger partial charge on any atom is 0.224 e. The zero-order valence-electron chi connectivity index (χ0n) is 11.1. The van der Waals surface area contributed by atoms with E-state index >= 15 is 0 Å². The summed E-state index contributed by atoms with van der Waals surface area (Å²) >= 11 is 0. The normalized spacial score (nSPS) is 12.2. The first-order valence-electron chi connectivity index (χ1n) is 6.01. The number of likely N-dealkylation sites (N-methyl/N-ethyl adjacent to an activating group) is 1. The van der Waals surface area contributed by atoms with Crippen LogP contribution in [-0.4, -0.2) is 41.5 Å². The van der Waals surface area contributed by atoms with Crippen molar-refractivity contribution in [2.75, 3.05) is 31.7 Å². The van der Waals surface area contributed by atoms with Crippen LogP contribution in [0.2, 0.25) is 0 Å². The number of nitrogens with zero attached hydrogens (tertiary/aromatic N) is 4. The Morgan fingerprint density at radius 2 is 2.28 bits per heavy atom. The molecule has 0 bridgehead atoms. The predicted octanol–water partition coefficient (Wildman–Crippen LogP) is 1.07. The molecule has 0 saturated carbocycles. The molecule has 1 unspecified atom stereocenters. The number of nitriles is 1. The van der Waals surface area contributed by atoms with Crippen molar-refractivity contribution >= 4 is 11.8 Å². The second-order valence-corrected chi connectivity index (χ2v) is 4.39. The molecule has 0 saturated heterocycles. The minimum Gasteiger partial charge on any atom is -0.382 e. The van der Waals surface area contributed by atoms with Crippen LogP contribution in [0.15, 0.2) is 6.20 Å². The van der Waals surface area contributed by atoms with Gasteiger partial charge in [-0.25, -0.2) is 4.98 Å². The zero-order chi connectivity index (χ0) is 13.5. The second kappa shape index (κ2) is 6.77. The van der Waals surface area contributed by atoms with Gasteiger partial charge in [0.1, 0.15) is 17.5 Å². The Balaban J connectivity index is 2.62. The van der Waals surface area contributed by atoms with Crippen LogP contribution in [0.1, 0.15) is 25.3 Å². The van der Waals surface area contributed by atoms with Crippen LogP contribution in [-0.2, 0) is 0 Å². The van der Waals surface area contributed by atoms with Gasteiger partial charge in [-0.2, -0.15) is 10.2 Å². The number of rotatable bonds is 6. The highest BCUT2D eigenvalue weighted by Crippen LogP contribution is 2.09. The van der Waals surface area contributed by atoms with Gasteiger partial charge >= 0.3 is 0 Å². The van der Waals surface area contributed by atoms with Crippen molar-refractivity contribution in [3.8, 4) is 6.07 Å². The SMILES string of the molecule is CCCC(CNc1ncc(C#N)c(N)n1)N(C)C. The number of nitrogens with two attached hydrogens (primary N) is 1. The van der Waals surface area contributed by atoms with Gasteiger partial charge in [0.15, 0.2) is 0 Å². The summed E-state index contributed by atoms with van der Waals surface area (Å²) < 4.78 is 0. The van der Waals surface area contributed by atoms with Gasteiger partial charge in [0, 0.05) is 12.6 Å². The van der Waals surface area contributed by atoms with E-state index in [1.165, 1.54) is 6.20 Å². The number of hydrogen-bond acceptors (Lipinski definition) is 6. The second-order valence-electron chi connectivity index (χ2n) is 4.39. The lowest BCUT2D eigenvalue weighted by molar-refractivity contribution is 0.288. The highest BCUT2D eigenvalue weighted by atomic mass is 15.2. The number of nitrogens with one attached hydrogen (secondary N) is 1. The van der Waals surface area contributed by atoms with Gasteiger partial charge in [-0.05, 0) is 20.5 Å². The minimum atomic E-state index is 0.215. The molecule has 1 atom stereocenters. The summed E-state index contributed by atoms with van der Waals surface area (Å²) in [5.41, 5.74) is 5.94. The lowest BCUT2D eigenvalue weighted by Crippen LogP contribution is -2.34. The lowest BCUT2D eigenvalue weighted by atomic mass is 10.1. The molecular formula is C12H20N6. The van der Waals surface area contributed by atoms with E-state index in [1.54, 1.807) is 0 Å². The predicted molar refractivity (Wildman–Crippen MR) is 72.0 cm³/mol. The van der Waals surface area contributed by atoms with E-state index in [4.69, 9.17) is 11.0 Å². The molecule has 1 aromatic rings. The summed E-state index contributed by atoms with van der Waals surface area (Å²) in [6, 6.07) is 2.37. The number of hydrogen-bond donors (Lipinski definition) is 2. The third-order valence-corrected chi connectivity index (χ3v) is 2.79. The van der Waals surface area contributed by atoms with Crippen molar-refractivity contribution in [3.05, 3.63) is 11.8 Å². The molecule has 6 nitrogen and oxygen atoms in total. The first-order chi connectivity index (χ1) is 8.58. The molecule has 0 aliphatic carbocycles. The average molecular weight is 248 g/mol. The minimum absolute atomic E-state index is 0.215. The molecule has 3 N–H and O–H groups in total. The van der Waals surface area contributed by atoms with Crippen LogP contribution in [0.5, 0.6) is 0 Å². The molecule has 0 aromatic carbocycles. The van der Waals surface area contributed by atoms with Crippen LogP contribution in [0.3, 0.4) is 0 Å². The highest BCUT2D eigenvalue weighted by molar-refractivity contribution is 5.49. The maximum atomic E-state index is 8.73. The van der Waals surface area contributed by atoms with Gasteiger partial charge in [0.2, 0.25) is 5.95 Å². The fraction of sp³-hybridized carbons (Fsp3) is 0.583. The Hall–Kier alpha value is -1.87. The van der Waals surface area contributed by atoms with Gasteiger partial charge < -0.3 is 16.0 Å². The fourth-order valence-corrected chi connectivity index (χ4v) is 1.65. The van der Waals surface area contributed by atoms with Gasteiger partial charge in [-0.15, -0.1) is 0 Å². The Morgan fingerprint density at radius 3 is 2.78 bits per heavy atom. The van der Waals surface area contributed by atoms with E-state index in [0.717, 1.165) is 19.4 Å². The molecule has 18 heavy (non-hydrogen) atoms. The monoisotopic (exact) mass is 248 g/mol. The zero-order valence-corrected chi connectivity index (χ0v) is 11.1. The molecule has 0 aliphatic heterocycles. The third-order valence-electron chi connectivity index (χ3n) is 2.79. The molecule has 98 valence electrons. The molecule has 0 aliphatic rings. The van der Waals surface area contributed by atoms with E-state index in [0.29, 0.717) is 17.6 Å². The molecule has 0 fully saturated rings. The summed E-state index contributed by atoms with van der Waals surface area (Å²) in [5, 5.41) is 11.9. The van der Waals surface area contributed by atoms with Crippen molar-refractivity contribution in [3.63, 3.8) is 0 Å². The summed E-state index contributed by atoms with van der Waals surface area (Å²) in [7, 11) is 4.10. The van der Waals surface area contributed by atoms with Crippen LogP contribution in [0.25, 0.3) is 0 Å². The van der Waals surface area contributed by atoms with Gasteiger partial charge in [-0.1, -0.05) is 13.3 Å². The molecule has 0 radical (unpaired) electrons. The molecule has 1 heterocycles. The highest BCUT2D eigenvalue weighted by Gasteiger charge is 2.11. The maximum absolute atomic E-state index is 8.73. The van der Waals surface area contributed by atoms with Crippen molar-refractivity contribution in [1.29, 1.82) is 5.26 Å². The smallest absolute Gasteiger partial charge is 0.224 e. The van der Waals surface area contributed by atoms with E-state index < -0.39 is 0 Å². The lowest BCUT2D eigenvalue weighted by Gasteiger charge is -2.24. The first-order valence-corrected chi connectivity index (χ1v) is 6.01. The standard InChI is InChI=1S/C12H20N6/c1-4-5-10(18(2)3)8-16-12-15-7-9(6-13)11(14)17-12/h7,10H,4-5,8H2,1-3H3,(H3,14,15,16,17). The Bertz CT molecular complexity index is 423. The Morgan fingerprint density at radius 1 is 1.56 bits per heavy atom. The quantitative estimate of drug-likeness (QED) is 0.782. The van der Waals surface area contributed by atoms with Gasteiger partial charge in [0.05, 0.1) is 6.20 Å². The summed E-state index contributed by atoms with van der Waals surface area (Å²) in [4.78, 5) is 10.3. The van der Waals surface area contributed by atoms with Crippen molar-refractivity contribution < 1.29 is 0 Å². The molecule has 6 heteroatoms. The molecule has 0 amide bonds. The average Bonchev–Trinajstić information content (AvgIpc) is 2.34. The van der Waals surface area contributed by atoms with Crippen molar-refractivity contribution in [1.82, 2.24) is 14.9 Å². The number of anilines is 2. The Labute approximate surface area is 108 Å². The van der Waals surface area contributed by atoms with Crippen LogP contribution in [0, 0.1) is 11.3 Å². The topological polar surface area (TPSA) is 90.9 Å². The third kappa shape index (κ3) is 3.86. The first kappa shape index (κ1) is 14.2. The van der Waals surface area contributed by atoms with E-state index in [1.807, 2.05) is 6.07 Å².